The fraction of sp³-hybridized carbons (Fsp3) is 0.417. The molecule has 17 heavy (non-hydrogen) atoms. The second-order valence-electron chi connectivity index (χ2n) is 3.55. The van der Waals surface area contributed by atoms with E-state index in [1.165, 1.54) is 0 Å². The van der Waals surface area contributed by atoms with Gasteiger partial charge in [-0.05, 0) is 24.6 Å². The summed E-state index contributed by atoms with van der Waals surface area (Å²) >= 11 is 0. The van der Waals surface area contributed by atoms with Crippen LogP contribution in [0, 0.1) is 11.3 Å². The summed E-state index contributed by atoms with van der Waals surface area (Å²) in [5.41, 5.74) is 1.14. The number of carbonyl (C=O) groups excluding carboxylic acids is 1. The van der Waals surface area contributed by atoms with Gasteiger partial charge in [-0.1, -0.05) is 6.07 Å². The lowest BCUT2D eigenvalue weighted by Gasteiger charge is -2.05. The Balaban J connectivity index is 2.04. The molecule has 0 bridgehead atoms. The molecule has 0 atom stereocenters. The van der Waals surface area contributed by atoms with Gasteiger partial charge in [-0.2, -0.15) is 5.26 Å². The van der Waals surface area contributed by atoms with E-state index in [0.29, 0.717) is 13.0 Å². The molecule has 2 N–H and O–H groups in total. The van der Waals surface area contributed by atoms with Crippen LogP contribution in [0.1, 0.15) is 12.0 Å². The fourth-order valence-electron chi connectivity index (χ4n) is 1.30. The van der Waals surface area contributed by atoms with Gasteiger partial charge in [-0.15, -0.1) is 0 Å². The maximum Gasteiger partial charge on any atom is 0.233 e. The molecular weight excluding hydrogens is 216 g/mol. The van der Waals surface area contributed by atoms with Crippen molar-refractivity contribution >= 4 is 5.91 Å². The highest BCUT2D eigenvalue weighted by molar-refractivity contribution is 5.77. The van der Waals surface area contributed by atoms with E-state index < -0.39 is 0 Å². The third kappa shape index (κ3) is 6.28. The molecule has 5 heteroatoms. The normalized spacial score (nSPS) is 9.59. The molecule has 90 valence electrons. The van der Waals surface area contributed by atoms with Gasteiger partial charge in [0, 0.05) is 18.9 Å². The summed E-state index contributed by atoms with van der Waals surface area (Å²) in [6.45, 7) is 1.43. The van der Waals surface area contributed by atoms with E-state index in [0.717, 1.165) is 18.5 Å². The Morgan fingerprint density at radius 1 is 1.47 bits per heavy atom. The van der Waals surface area contributed by atoms with E-state index >= 15 is 0 Å². The van der Waals surface area contributed by atoms with Gasteiger partial charge in [0.1, 0.15) is 0 Å². The van der Waals surface area contributed by atoms with E-state index in [1.54, 1.807) is 6.20 Å². The van der Waals surface area contributed by atoms with Gasteiger partial charge in [0.15, 0.2) is 0 Å². The zero-order valence-electron chi connectivity index (χ0n) is 9.65. The lowest BCUT2D eigenvalue weighted by atomic mass is 10.2. The Labute approximate surface area is 101 Å². The van der Waals surface area contributed by atoms with Crippen molar-refractivity contribution in [2.45, 2.75) is 12.8 Å². The van der Waals surface area contributed by atoms with Crippen molar-refractivity contribution in [3.63, 3.8) is 0 Å². The van der Waals surface area contributed by atoms with Crippen LogP contribution in [0.2, 0.25) is 0 Å². The molecule has 1 aromatic rings. The second-order valence-corrected chi connectivity index (χ2v) is 3.55. The Morgan fingerprint density at radius 3 is 3.06 bits per heavy atom. The lowest BCUT2D eigenvalue weighted by Crippen LogP contribution is -2.35. The summed E-state index contributed by atoms with van der Waals surface area (Å²) < 4.78 is 0. The van der Waals surface area contributed by atoms with Crippen LogP contribution in [0.25, 0.3) is 0 Å². The molecule has 0 aliphatic rings. The Hall–Kier alpha value is -1.93. The molecule has 1 aromatic heterocycles. The first-order valence-corrected chi connectivity index (χ1v) is 5.56. The average molecular weight is 232 g/mol. The minimum absolute atomic E-state index is 0.0774. The Kier molecular flexibility index (Phi) is 6.37. The van der Waals surface area contributed by atoms with Crippen molar-refractivity contribution in [3.05, 3.63) is 30.1 Å². The number of hydrogen-bond acceptors (Lipinski definition) is 4. The predicted molar refractivity (Wildman–Crippen MR) is 64.1 cm³/mol. The van der Waals surface area contributed by atoms with Gasteiger partial charge in [0.05, 0.1) is 19.0 Å². The SMILES string of the molecule is N#CCCNC(=O)CNCCc1cccnc1. The molecular formula is C12H16N4O. The van der Waals surface area contributed by atoms with Gasteiger partial charge in [-0.3, -0.25) is 9.78 Å². The summed E-state index contributed by atoms with van der Waals surface area (Å²) in [6, 6.07) is 5.86. The zero-order valence-corrected chi connectivity index (χ0v) is 9.65. The number of carbonyl (C=O) groups is 1. The smallest absolute Gasteiger partial charge is 0.233 e. The molecule has 5 nitrogen and oxygen atoms in total. The van der Waals surface area contributed by atoms with Crippen LogP contribution in [0.4, 0.5) is 0 Å². The quantitative estimate of drug-likeness (QED) is 0.660. The van der Waals surface area contributed by atoms with Crippen LogP contribution in [-0.2, 0) is 11.2 Å². The number of amides is 1. The molecule has 0 aromatic carbocycles. The van der Waals surface area contributed by atoms with Crippen LogP contribution in [-0.4, -0.2) is 30.5 Å². The van der Waals surface area contributed by atoms with Crippen LogP contribution in [0.5, 0.6) is 0 Å². The number of hydrogen-bond donors (Lipinski definition) is 2. The van der Waals surface area contributed by atoms with Crippen molar-refractivity contribution in [2.75, 3.05) is 19.6 Å². The zero-order chi connectivity index (χ0) is 12.3. The first kappa shape index (κ1) is 13.1. The summed E-state index contributed by atoms with van der Waals surface area (Å²) in [6.07, 6.45) is 4.75. The molecule has 0 aliphatic carbocycles. The van der Waals surface area contributed by atoms with E-state index in [4.69, 9.17) is 5.26 Å². The Morgan fingerprint density at radius 2 is 2.35 bits per heavy atom. The van der Waals surface area contributed by atoms with Crippen LogP contribution >= 0.6 is 0 Å². The highest BCUT2D eigenvalue weighted by Gasteiger charge is 1.99. The molecule has 0 fully saturated rings. The molecule has 0 aliphatic heterocycles. The van der Waals surface area contributed by atoms with Gasteiger partial charge in [0.25, 0.3) is 0 Å². The molecule has 0 saturated heterocycles. The molecule has 0 spiro atoms. The van der Waals surface area contributed by atoms with Gasteiger partial charge >= 0.3 is 0 Å². The van der Waals surface area contributed by atoms with E-state index in [-0.39, 0.29) is 12.5 Å². The summed E-state index contributed by atoms with van der Waals surface area (Å²) in [7, 11) is 0. The number of pyridine rings is 1. The van der Waals surface area contributed by atoms with Crippen molar-refractivity contribution in [1.82, 2.24) is 15.6 Å². The third-order valence-corrected chi connectivity index (χ3v) is 2.16. The monoisotopic (exact) mass is 232 g/mol. The van der Waals surface area contributed by atoms with Crippen LogP contribution < -0.4 is 10.6 Å². The van der Waals surface area contributed by atoms with Crippen LogP contribution in [0.15, 0.2) is 24.5 Å². The van der Waals surface area contributed by atoms with Crippen LogP contribution in [0.3, 0.4) is 0 Å². The van der Waals surface area contributed by atoms with Gasteiger partial charge < -0.3 is 10.6 Å². The first-order chi connectivity index (χ1) is 8.33. The Bertz CT molecular complexity index is 372. The first-order valence-electron chi connectivity index (χ1n) is 5.56. The van der Waals surface area contributed by atoms with Crippen molar-refractivity contribution in [1.29, 1.82) is 5.26 Å². The average Bonchev–Trinajstić information content (AvgIpc) is 2.36. The minimum atomic E-state index is -0.0774. The number of nitrogens with one attached hydrogen (secondary N) is 2. The number of rotatable bonds is 7. The number of nitriles is 1. The van der Waals surface area contributed by atoms with E-state index in [2.05, 4.69) is 15.6 Å². The molecule has 1 amide bonds. The highest BCUT2D eigenvalue weighted by Crippen LogP contribution is 1.94. The number of aromatic nitrogens is 1. The molecule has 1 heterocycles. The van der Waals surface area contributed by atoms with Crippen molar-refractivity contribution in [2.24, 2.45) is 0 Å². The van der Waals surface area contributed by atoms with Gasteiger partial charge in [-0.25, -0.2) is 0 Å². The van der Waals surface area contributed by atoms with E-state index in [1.807, 2.05) is 24.4 Å². The molecule has 0 unspecified atom stereocenters. The topological polar surface area (TPSA) is 77.8 Å². The van der Waals surface area contributed by atoms with Crippen molar-refractivity contribution in [3.8, 4) is 6.07 Å². The van der Waals surface area contributed by atoms with Gasteiger partial charge in [0.2, 0.25) is 5.91 Å². The third-order valence-electron chi connectivity index (χ3n) is 2.16. The second kappa shape index (κ2) is 8.25. The summed E-state index contributed by atoms with van der Waals surface area (Å²) in [5.74, 6) is -0.0774. The molecule has 1 rings (SSSR count). The van der Waals surface area contributed by atoms with Crippen molar-refractivity contribution < 1.29 is 4.79 Å². The maximum atomic E-state index is 11.2. The minimum Gasteiger partial charge on any atom is -0.354 e. The number of nitrogens with zero attached hydrogens (tertiary/aromatic N) is 2. The largest absolute Gasteiger partial charge is 0.354 e. The standard InChI is InChI=1S/C12H16N4O/c13-5-2-7-16-12(17)10-15-8-4-11-3-1-6-14-9-11/h1,3,6,9,15H,2,4,7-8,10H2,(H,16,17). The maximum absolute atomic E-state index is 11.2. The summed E-state index contributed by atoms with van der Waals surface area (Å²) in [4.78, 5) is 15.2. The predicted octanol–water partition coefficient (Wildman–Crippen LogP) is 0.244. The fourth-order valence-corrected chi connectivity index (χ4v) is 1.30. The lowest BCUT2D eigenvalue weighted by molar-refractivity contribution is -0.120. The van der Waals surface area contributed by atoms with E-state index in [9.17, 15) is 4.79 Å². The molecule has 0 saturated carbocycles. The highest BCUT2D eigenvalue weighted by atomic mass is 16.1. The molecule has 0 radical (unpaired) electrons. The summed E-state index contributed by atoms with van der Waals surface area (Å²) in [5, 5.41) is 14.0.